The van der Waals surface area contributed by atoms with Crippen LogP contribution in [0.1, 0.15) is 33.5 Å². The van der Waals surface area contributed by atoms with Crippen LogP contribution in [0.2, 0.25) is 0 Å². The zero-order chi connectivity index (χ0) is 20.7. The molecule has 0 unspecified atom stereocenters. The van der Waals surface area contributed by atoms with Crippen molar-refractivity contribution in [1.82, 2.24) is 9.78 Å². The van der Waals surface area contributed by atoms with E-state index in [-0.39, 0.29) is 0 Å². The van der Waals surface area contributed by atoms with Gasteiger partial charge in [-0.1, -0.05) is 12.1 Å². The molecule has 150 valence electrons. The summed E-state index contributed by atoms with van der Waals surface area (Å²) < 4.78 is 12.8. The second-order valence-electron chi connectivity index (χ2n) is 6.96. The molecule has 0 spiro atoms. The van der Waals surface area contributed by atoms with Crippen LogP contribution < -0.4 is 10.1 Å². The molecule has 0 saturated carbocycles. The van der Waals surface area contributed by atoms with Crippen molar-refractivity contribution in [3.63, 3.8) is 0 Å². The van der Waals surface area contributed by atoms with Crippen molar-refractivity contribution in [2.45, 2.75) is 33.5 Å². The molecule has 7 nitrogen and oxygen atoms in total. The Kier molecular flexibility index (Phi) is 4.87. The van der Waals surface area contributed by atoms with Crippen LogP contribution in [0.5, 0.6) is 5.75 Å². The quantitative estimate of drug-likeness (QED) is 0.660. The standard InChI is InChI=1S/C21H21N3O4S/c1-11-18(12(2)24(4)23-11)22-20(25)13(3)28-21(26)17-9-14-10-27-16-8-6-5-7-15(16)19(14)29-17/h5-9,13H,10H2,1-4H3,(H,22,25)/t13-/m1/s1. The van der Waals surface area contributed by atoms with Crippen LogP contribution in [0.3, 0.4) is 0 Å². The second kappa shape index (κ2) is 7.36. The van der Waals surface area contributed by atoms with E-state index in [1.54, 1.807) is 17.7 Å². The fraction of sp³-hybridized carbons (Fsp3) is 0.286. The Morgan fingerprint density at radius 2 is 2.07 bits per heavy atom. The van der Waals surface area contributed by atoms with E-state index in [1.165, 1.54) is 11.3 Å². The van der Waals surface area contributed by atoms with Gasteiger partial charge in [0.2, 0.25) is 0 Å². The highest BCUT2D eigenvalue weighted by atomic mass is 32.1. The summed E-state index contributed by atoms with van der Waals surface area (Å²) in [4.78, 5) is 26.6. The number of benzene rings is 1. The molecule has 1 aromatic carbocycles. The van der Waals surface area contributed by atoms with Crippen LogP contribution in [0, 0.1) is 13.8 Å². The largest absolute Gasteiger partial charge is 0.488 e. The fourth-order valence-corrected chi connectivity index (χ4v) is 4.33. The Hall–Kier alpha value is -3.13. The molecule has 29 heavy (non-hydrogen) atoms. The number of ether oxygens (including phenoxy) is 2. The molecule has 8 heteroatoms. The number of hydrogen-bond acceptors (Lipinski definition) is 6. The van der Waals surface area contributed by atoms with E-state index in [0.29, 0.717) is 22.9 Å². The lowest BCUT2D eigenvalue weighted by atomic mass is 10.1. The van der Waals surface area contributed by atoms with E-state index >= 15 is 0 Å². The van der Waals surface area contributed by atoms with Crippen molar-refractivity contribution in [2.75, 3.05) is 5.32 Å². The third-order valence-corrected chi connectivity index (χ3v) is 6.13. The molecule has 3 aromatic rings. The molecule has 0 aliphatic carbocycles. The summed E-state index contributed by atoms with van der Waals surface area (Å²) in [5, 5.41) is 7.07. The lowest BCUT2D eigenvalue weighted by Gasteiger charge is -2.16. The highest BCUT2D eigenvalue weighted by Crippen LogP contribution is 2.42. The molecule has 1 N–H and O–H groups in total. The van der Waals surface area contributed by atoms with Crippen LogP contribution in [-0.4, -0.2) is 27.8 Å². The maximum Gasteiger partial charge on any atom is 0.349 e. The van der Waals surface area contributed by atoms with E-state index in [9.17, 15) is 9.59 Å². The predicted octanol–water partition coefficient (Wildman–Crippen LogP) is 3.84. The molecular weight excluding hydrogens is 390 g/mol. The van der Waals surface area contributed by atoms with Gasteiger partial charge in [-0.25, -0.2) is 4.79 Å². The van der Waals surface area contributed by atoms with Gasteiger partial charge in [0.1, 0.15) is 17.2 Å². The topological polar surface area (TPSA) is 82.5 Å². The first-order valence-corrected chi connectivity index (χ1v) is 10.0. The minimum atomic E-state index is -0.941. The van der Waals surface area contributed by atoms with E-state index < -0.39 is 18.0 Å². The van der Waals surface area contributed by atoms with Gasteiger partial charge in [0.25, 0.3) is 5.91 Å². The minimum absolute atomic E-state index is 0.396. The number of hydrogen-bond donors (Lipinski definition) is 1. The summed E-state index contributed by atoms with van der Waals surface area (Å²) in [6.07, 6.45) is -0.941. The summed E-state index contributed by atoms with van der Waals surface area (Å²) in [6.45, 7) is 5.64. The Morgan fingerprint density at radius 1 is 1.31 bits per heavy atom. The van der Waals surface area contributed by atoms with Crippen LogP contribution in [0.15, 0.2) is 30.3 Å². The fourth-order valence-electron chi connectivity index (χ4n) is 3.25. The molecule has 2 aromatic heterocycles. The van der Waals surface area contributed by atoms with Gasteiger partial charge >= 0.3 is 5.97 Å². The van der Waals surface area contributed by atoms with E-state index in [0.717, 1.165) is 27.4 Å². The van der Waals surface area contributed by atoms with Crippen LogP contribution >= 0.6 is 11.3 Å². The van der Waals surface area contributed by atoms with Crippen LogP contribution in [0.25, 0.3) is 10.4 Å². The molecule has 1 amide bonds. The van der Waals surface area contributed by atoms with Crippen molar-refractivity contribution in [3.8, 4) is 16.2 Å². The van der Waals surface area contributed by atoms with Gasteiger partial charge < -0.3 is 14.8 Å². The summed E-state index contributed by atoms with van der Waals surface area (Å²) in [6, 6.07) is 9.50. The number of carbonyl (C=O) groups is 2. The Morgan fingerprint density at radius 3 is 2.79 bits per heavy atom. The van der Waals surface area contributed by atoms with E-state index in [4.69, 9.17) is 9.47 Å². The minimum Gasteiger partial charge on any atom is -0.488 e. The van der Waals surface area contributed by atoms with Gasteiger partial charge in [-0.05, 0) is 39.0 Å². The maximum absolute atomic E-state index is 12.6. The number of amides is 1. The van der Waals surface area contributed by atoms with Crippen molar-refractivity contribution < 1.29 is 19.1 Å². The lowest BCUT2D eigenvalue weighted by molar-refractivity contribution is -0.123. The first kappa shape index (κ1) is 19.2. The number of thiophene rings is 1. The summed E-state index contributed by atoms with van der Waals surface area (Å²) in [7, 11) is 1.81. The Labute approximate surface area is 172 Å². The predicted molar refractivity (Wildman–Crippen MR) is 110 cm³/mol. The first-order valence-electron chi connectivity index (χ1n) is 9.22. The monoisotopic (exact) mass is 411 g/mol. The molecular formula is C21H21N3O4S. The maximum atomic E-state index is 12.6. The highest BCUT2D eigenvalue weighted by molar-refractivity contribution is 7.17. The molecule has 0 bridgehead atoms. The smallest absolute Gasteiger partial charge is 0.349 e. The average molecular weight is 411 g/mol. The number of aromatic nitrogens is 2. The number of rotatable bonds is 4. The molecule has 4 rings (SSSR count). The number of para-hydroxylation sites is 1. The van der Waals surface area contributed by atoms with Crippen molar-refractivity contribution >= 4 is 28.9 Å². The molecule has 1 aliphatic heterocycles. The van der Waals surface area contributed by atoms with Crippen molar-refractivity contribution in [2.24, 2.45) is 7.05 Å². The zero-order valence-electron chi connectivity index (χ0n) is 16.6. The molecule has 0 fully saturated rings. The Bertz CT molecular complexity index is 1120. The van der Waals surface area contributed by atoms with Crippen LogP contribution in [-0.2, 0) is 23.2 Å². The molecule has 0 radical (unpaired) electrons. The van der Waals surface area contributed by atoms with Crippen LogP contribution in [0.4, 0.5) is 5.69 Å². The van der Waals surface area contributed by atoms with Gasteiger partial charge in [0.05, 0.1) is 17.1 Å². The number of anilines is 1. The summed E-state index contributed by atoms with van der Waals surface area (Å²) in [5.74, 6) is -0.117. The second-order valence-corrected chi connectivity index (χ2v) is 8.01. The Balaban J connectivity index is 1.47. The number of esters is 1. The van der Waals surface area contributed by atoms with Gasteiger partial charge in [0.15, 0.2) is 6.10 Å². The van der Waals surface area contributed by atoms with Gasteiger partial charge in [-0.15, -0.1) is 11.3 Å². The number of carbonyl (C=O) groups excluding carboxylic acids is 2. The van der Waals surface area contributed by atoms with E-state index in [1.807, 2.05) is 45.2 Å². The highest BCUT2D eigenvalue weighted by Gasteiger charge is 2.26. The lowest BCUT2D eigenvalue weighted by Crippen LogP contribution is -2.30. The molecule has 1 aliphatic rings. The number of nitrogens with zero attached hydrogens (tertiary/aromatic N) is 2. The number of aryl methyl sites for hydroxylation is 2. The molecule has 0 saturated heterocycles. The van der Waals surface area contributed by atoms with Crippen molar-refractivity contribution in [1.29, 1.82) is 0 Å². The number of nitrogens with one attached hydrogen (secondary N) is 1. The zero-order valence-corrected chi connectivity index (χ0v) is 17.4. The van der Waals surface area contributed by atoms with Gasteiger partial charge in [0, 0.05) is 23.1 Å². The average Bonchev–Trinajstić information content (AvgIpc) is 3.25. The third-order valence-electron chi connectivity index (χ3n) is 4.94. The third kappa shape index (κ3) is 3.51. The SMILES string of the molecule is Cc1nn(C)c(C)c1NC(=O)[C@@H](C)OC(=O)c1cc2c(s1)-c1ccccc1OC2. The normalized spacial score (nSPS) is 13.1. The molecule has 1 atom stereocenters. The summed E-state index contributed by atoms with van der Waals surface area (Å²) >= 11 is 1.35. The summed E-state index contributed by atoms with van der Waals surface area (Å²) in [5.41, 5.74) is 4.09. The first-order chi connectivity index (χ1) is 13.8. The number of fused-ring (bicyclic) bond motifs is 3. The molecule has 3 heterocycles. The van der Waals surface area contributed by atoms with Crippen molar-refractivity contribution in [3.05, 3.63) is 52.2 Å². The van der Waals surface area contributed by atoms with E-state index in [2.05, 4.69) is 10.4 Å². The van der Waals surface area contributed by atoms with Gasteiger partial charge in [-0.2, -0.15) is 5.10 Å². The van der Waals surface area contributed by atoms with Gasteiger partial charge in [-0.3, -0.25) is 9.48 Å².